The lowest BCUT2D eigenvalue weighted by molar-refractivity contribution is -0.147. The molecule has 0 bridgehead atoms. The van der Waals surface area contributed by atoms with E-state index >= 15 is 0 Å². The Labute approximate surface area is 137 Å². The van der Waals surface area contributed by atoms with Crippen LogP contribution >= 0.6 is 0 Å². The zero-order valence-corrected chi connectivity index (χ0v) is 13.9. The molecule has 1 saturated heterocycles. The van der Waals surface area contributed by atoms with Crippen molar-refractivity contribution < 1.29 is 19.1 Å². The number of furan rings is 1. The summed E-state index contributed by atoms with van der Waals surface area (Å²) in [5.41, 5.74) is -0.823. The number of ether oxygens (including phenoxy) is 1. The molecule has 2 heterocycles. The SMILES string of the molecule is CCc1ccc(C2COCCN2C(=O)CC2(O)CCCCC2)o1. The molecule has 0 aromatic carbocycles. The second-order valence-electron chi connectivity index (χ2n) is 6.80. The summed E-state index contributed by atoms with van der Waals surface area (Å²) >= 11 is 0. The molecule has 128 valence electrons. The summed E-state index contributed by atoms with van der Waals surface area (Å²) in [6.45, 7) is 3.60. The Morgan fingerprint density at radius 2 is 2.13 bits per heavy atom. The van der Waals surface area contributed by atoms with E-state index in [9.17, 15) is 9.90 Å². The second-order valence-corrected chi connectivity index (χ2v) is 6.80. The van der Waals surface area contributed by atoms with E-state index in [2.05, 4.69) is 0 Å². The van der Waals surface area contributed by atoms with Crippen molar-refractivity contribution in [3.63, 3.8) is 0 Å². The van der Waals surface area contributed by atoms with Crippen LogP contribution in [0.5, 0.6) is 0 Å². The van der Waals surface area contributed by atoms with Crippen molar-refractivity contribution in [2.75, 3.05) is 19.8 Å². The van der Waals surface area contributed by atoms with Gasteiger partial charge in [0.05, 0.1) is 25.2 Å². The van der Waals surface area contributed by atoms with E-state index in [0.29, 0.717) is 19.8 Å². The van der Waals surface area contributed by atoms with Gasteiger partial charge in [0.1, 0.15) is 17.6 Å². The highest BCUT2D eigenvalue weighted by molar-refractivity contribution is 5.78. The van der Waals surface area contributed by atoms with E-state index in [1.807, 2.05) is 24.0 Å². The van der Waals surface area contributed by atoms with E-state index in [0.717, 1.165) is 50.0 Å². The van der Waals surface area contributed by atoms with E-state index in [4.69, 9.17) is 9.15 Å². The van der Waals surface area contributed by atoms with Crippen molar-refractivity contribution in [1.82, 2.24) is 4.90 Å². The molecule has 1 atom stereocenters. The third-order valence-corrected chi connectivity index (χ3v) is 5.07. The molecule has 1 aromatic rings. The summed E-state index contributed by atoms with van der Waals surface area (Å²) < 4.78 is 11.4. The maximum Gasteiger partial charge on any atom is 0.226 e. The first-order valence-corrected chi connectivity index (χ1v) is 8.79. The fraction of sp³-hybridized carbons (Fsp3) is 0.722. The Bertz CT molecular complexity index is 533. The molecular weight excluding hydrogens is 294 g/mol. The van der Waals surface area contributed by atoms with Crippen LogP contribution in [0.15, 0.2) is 16.5 Å². The van der Waals surface area contributed by atoms with E-state index < -0.39 is 5.60 Å². The van der Waals surface area contributed by atoms with Crippen molar-refractivity contribution in [3.8, 4) is 0 Å². The van der Waals surface area contributed by atoms with Gasteiger partial charge in [0.15, 0.2) is 0 Å². The number of hydrogen-bond acceptors (Lipinski definition) is 4. The fourth-order valence-corrected chi connectivity index (χ4v) is 3.67. The van der Waals surface area contributed by atoms with Crippen molar-refractivity contribution in [2.24, 2.45) is 0 Å². The number of hydrogen-bond donors (Lipinski definition) is 1. The minimum Gasteiger partial charge on any atom is -0.464 e. The van der Waals surface area contributed by atoms with Gasteiger partial charge >= 0.3 is 0 Å². The first-order chi connectivity index (χ1) is 11.1. The standard InChI is InChI=1S/C18H27NO4/c1-2-14-6-7-16(23-14)15-13-22-11-10-19(15)17(20)12-18(21)8-4-3-5-9-18/h6-7,15,21H,2-5,8-13H2,1H3. The van der Waals surface area contributed by atoms with Gasteiger partial charge in [0.2, 0.25) is 5.91 Å². The highest BCUT2D eigenvalue weighted by atomic mass is 16.5. The lowest BCUT2D eigenvalue weighted by Gasteiger charge is -2.38. The molecule has 1 saturated carbocycles. The Kier molecular flexibility index (Phi) is 5.07. The third-order valence-electron chi connectivity index (χ3n) is 5.07. The van der Waals surface area contributed by atoms with Crippen molar-refractivity contribution in [3.05, 3.63) is 23.7 Å². The van der Waals surface area contributed by atoms with Gasteiger partial charge in [-0.1, -0.05) is 26.2 Å². The highest BCUT2D eigenvalue weighted by Gasteiger charge is 2.37. The maximum atomic E-state index is 12.8. The third kappa shape index (κ3) is 3.78. The minimum absolute atomic E-state index is 0.0112. The molecule has 2 aliphatic rings. The van der Waals surface area contributed by atoms with Gasteiger partial charge in [-0.2, -0.15) is 0 Å². The summed E-state index contributed by atoms with van der Waals surface area (Å²) in [5.74, 6) is 1.71. The Morgan fingerprint density at radius 1 is 1.35 bits per heavy atom. The number of carbonyl (C=O) groups excluding carboxylic acids is 1. The van der Waals surface area contributed by atoms with Gasteiger partial charge in [0, 0.05) is 13.0 Å². The molecule has 3 rings (SSSR count). The van der Waals surface area contributed by atoms with Crippen LogP contribution in [0.3, 0.4) is 0 Å². The van der Waals surface area contributed by atoms with E-state index in [1.54, 1.807) is 0 Å². The molecule has 1 aliphatic heterocycles. The smallest absolute Gasteiger partial charge is 0.226 e. The van der Waals surface area contributed by atoms with Gasteiger partial charge in [-0.3, -0.25) is 4.79 Å². The van der Waals surface area contributed by atoms with Gasteiger partial charge in [-0.15, -0.1) is 0 Å². The molecule has 0 radical (unpaired) electrons. The van der Waals surface area contributed by atoms with Crippen LogP contribution in [-0.4, -0.2) is 41.3 Å². The predicted molar refractivity (Wildman–Crippen MR) is 86.0 cm³/mol. The molecule has 1 unspecified atom stereocenters. The van der Waals surface area contributed by atoms with Gasteiger partial charge in [-0.05, 0) is 25.0 Å². The Balaban J connectivity index is 1.71. The molecular formula is C18H27NO4. The van der Waals surface area contributed by atoms with Crippen molar-refractivity contribution >= 4 is 5.91 Å². The van der Waals surface area contributed by atoms with Gasteiger partial charge in [0.25, 0.3) is 0 Å². The maximum absolute atomic E-state index is 12.8. The van der Waals surface area contributed by atoms with E-state index in [1.165, 1.54) is 0 Å². The normalized spacial score (nSPS) is 24.6. The Hall–Kier alpha value is -1.33. The fourth-order valence-electron chi connectivity index (χ4n) is 3.67. The first-order valence-electron chi connectivity index (χ1n) is 8.79. The molecule has 1 aromatic heterocycles. The lowest BCUT2D eigenvalue weighted by Crippen LogP contribution is -2.46. The van der Waals surface area contributed by atoms with Crippen LogP contribution < -0.4 is 0 Å². The monoisotopic (exact) mass is 321 g/mol. The predicted octanol–water partition coefficient (Wildman–Crippen LogP) is 2.83. The van der Waals surface area contributed by atoms with Crippen molar-refractivity contribution in [1.29, 1.82) is 0 Å². The molecule has 2 fully saturated rings. The molecule has 1 N–H and O–H groups in total. The van der Waals surface area contributed by atoms with Gasteiger partial charge in [-0.25, -0.2) is 0 Å². The van der Waals surface area contributed by atoms with Crippen molar-refractivity contribution in [2.45, 2.75) is 63.5 Å². The zero-order valence-electron chi connectivity index (χ0n) is 13.9. The van der Waals surface area contributed by atoms with Crippen LogP contribution in [0.1, 0.15) is 63.0 Å². The molecule has 1 amide bonds. The van der Waals surface area contributed by atoms with Crippen LogP contribution in [0, 0.1) is 0 Å². The van der Waals surface area contributed by atoms with Crippen LogP contribution in [-0.2, 0) is 16.0 Å². The number of aryl methyl sites for hydroxylation is 1. The highest BCUT2D eigenvalue weighted by Crippen LogP contribution is 2.33. The minimum atomic E-state index is -0.823. The van der Waals surface area contributed by atoms with Crippen LogP contribution in [0.25, 0.3) is 0 Å². The second kappa shape index (κ2) is 7.05. The topological polar surface area (TPSA) is 62.9 Å². The summed E-state index contributed by atoms with van der Waals surface area (Å²) in [6.07, 6.45) is 5.68. The average Bonchev–Trinajstić information content (AvgIpc) is 3.04. The first kappa shape index (κ1) is 16.5. The lowest BCUT2D eigenvalue weighted by atomic mass is 9.82. The molecule has 1 aliphatic carbocycles. The molecule has 5 nitrogen and oxygen atoms in total. The number of rotatable bonds is 4. The summed E-state index contributed by atoms with van der Waals surface area (Å²) in [6, 6.07) is 3.72. The largest absolute Gasteiger partial charge is 0.464 e. The summed E-state index contributed by atoms with van der Waals surface area (Å²) in [5, 5.41) is 10.7. The summed E-state index contributed by atoms with van der Waals surface area (Å²) in [7, 11) is 0. The quantitative estimate of drug-likeness (QED) is 0.926. The summed E-state index contributed by atoms with van der Waals surface area (Å²) in [4.78, 5) is 14.6. The van der Waals surface area contributed by atoms with Crippen LogP contribution in [0.2, 0.25) is 0 Å². The number of morpholine rings is 1. The molecule has 0 spiro atoms. The number of aliphatic hydroxyl groups is 1. The van der Waals surface area contributed by atoms with Gasteiger partial charge < -0.3 is 19.2 Å². The van der Waals surface area contributed by atoms with Crippen LogP contribution in [0.4, 0.5) is 0 Å². The Morgan fingerprint density at radius 3 is 2.83 bits per heavy atom. The average molecular weight is 321 g/mol. The van der Waals surface area contributed by atoms with E-state index in [-0.39, 0.29) is 18.4 Å². The number of amides is 1. The molecule has 5 heteroatoms. The number of nitrogens with zero attached hydrogens (tertiary/aromatic N) is 1. The number of carbonyl (C=O) groups is 1. The molecule has 23 heavy (non-hydrogen) atoms. The zero-order chi connectivity index (χ0) is 16.3.